The number of rotatable bonds is 7. The van der Waals surface area contributed by atoms with Crippen molar-refractivity contribution in [3.63, 3.8) is 0 Å². The van der Waals surface area contributed by atoms with Crippen LogP contribution in [0.3, 0.4) is 0 Å². The van der Waals surface area contributed by atoms with Gasteiger partial charge >= 0.3 is 0 Å². The zero-order valence-electron chi connectivity index (χ0n) is 27.3. The summed E-state index contributed by atoms with van der Waals surface area (Å²) in [5.74, 6) is -0.321. The second kappa shape index (κ2) is 15.6. The number of carbonyl (C=O) groups is 3. The smallest absolute Gasteiger partial charge is 0.248 e. The number of amides is 2. The molecule has 4 aromatic rings. The minimum absolute atomic E-state index is 0.00600. The predicted octanol–water partition coefficient (Wildman–Crippen LogP) is 9.47. The standard InChI is InChI=1S/C21H23NO2.C19H21NO/c1-15(23)17-8-12-19(13-9-17)22-20(24)14-7-16-5-10-18(11-6-16)21(2,3)4;1-19(2,3)16-12-9-15(10-13-16)11-14-18(21)20-17-7-5-4-6-8-17/h5-14H,1-4H3,(H,22,24);4-14H,1-3H3,(H,20,21)/b14-7+;14-11+. The van der Waals surface area contributed by atoms with E-state index in [9.17, 15) is 14.4 Å². The van der Waals surface area contributed by atoms with Gasteiger partial charge in [0.2, 0.25) is 11.8 Å². The van der Waals surface area contributed by atoms with E-state index < -0.39 is 0 Å². The third kappa shape index (κ3) is 11.9. The largest absolute Gasteiger partial charge is 0.323 e. The molecule has 0 aliphatic carbocycles. The molecule has 0 aliphatic heterocycles. The molecule has 0 saturated carbocycles. The Kier molecular flexibility index (Phi) is 12.0. The van der Waals surface area contributed by atoms with E-state index in [0.29, 0.717) is 11.3 Å². The molecule has 4 rings (SSSR count). The van der Waals surface area contributed by atoms with Gasteiger partial charge < -0.3 is 10.6 Å². The van der Waals surface area contributed by atoms with E-state index in [1.54, 1.807) is 36.4 Å². The van der Waals surface area contributed by atoms with Crippen LogP contribution in [0.2, 0.25) is 0 Å². The van der Waals surface area contributed by atoms with Gasteiger partial charge in [-0.3, -0.25) is 14.4 Å². The molecule has 0 heterocycles. The van der Waals surface area contributed by atoms with Crippen LogP contribution in [0.15, 0.2) is 115 Å². The van der Waals surface area contributed by atoms with Crippen molar-refractivity contribution >= 4 is 41.1 Å². The van der Waals surface area contributed by atoms with Crippen LogP contribution < -0.4 is 10.6 Å². The third-order valence-electron chi connectivity index (χ3n) is 7.01. The van der Waals surface area contributed by atoms with Crippen molar-refractivity contribution in [2.75, 3.05) is 10.6 Å². The van der Waals surface area contributed by atoms with Crippen LogP contribution in [-0.4, -0.2) is 17.6 Å². The highest BCUT2D eigenvalue weighted by molar-refractivity contribution is 6.03. The van der Waals surface area contributed by atoms with E-state index in [1.165, 1.54) is 24.1 Å². The van der Waals surface area contributed by atoms with Crippen molar-refractivity contribution in [2.24, 2.45) is 0 Å². The fraction of sp³-hybridized carbons (Fsp3) is 0.225. The van der Waals surface area contributed by atoms with Crippen LogP contribution in [0, 0.1) is 0 Å². The van der Waals surface area contributed by atoms with Gasteiger partial charge in [0.15, 0.2) is 5.78 Å². The number of nitrogens with one attached hydrogen (secondary N) is 2. The molecule has 5 heteroatoms. The summed E-state index contributed by atoms with van der Waals surface area (Å²) in [4.78, 5) is 35.0. The molecule has 0 aliphatic rings. The van der Waals surface area contributed by atoms with E-state index >= 15 is 0 Å². The lowest BCUT2D eigenvalue weighted by Gasteiger charge is -2.18. The summed E-state index contributed by atoms with van der Waals surface area (Å²) in [5.41, 5.74) is 6.90. The number of hydrogen-bond acceptors (Lipinski definition) is 3. The highest BCUT2D eigenvalue weighted by Gasteiger charge is 2.13. The molecule has 0 radical (unpaired) electrons. The molecule has 0 spiro atoms. The molecule has 0 saturated heterocycles. The normalized spacial score (nSPS) is 11.5. The zero-order valence-corrected chi connectivity index (χ0v) is 27.3. The maximum Gasteiger partial charge on any atom is 0.248 e. The Morgan fingerprint density at radius 1 is 0.511 bits per heavy atom. The van der Waals surface area contributed by atoms with E-state index in [1.807, 2.05) is 60.7 Å². The van der Waals surface area contributed by atoms with Gasteiger partial charge in [0.1, 0.15) is 0 Å². The summed E-state index contributed by atoms with van der Waals surface area (Å²) in [6, 6.07) is 32.7. The van der Waals surface area contributed by atoms with Crippen molar-refractivity contribution in [3.05, 3.63) is 143 Å². The Balaban J connectivity index is 0.000000248. The van der Waals surface area contributed by atoms with Gasteiger partial charge in [-0.25, -0.2) is 0 Å². The molecule has 0 unspecified atom stereocenters. The maximum absolute atomic E-state index is 12.0. The molecule has 45 heavy (non-hydrogen) atoms. The van der Waals surface area contributed by atoms with Crippen molar-refractivity contribution < 1.29 is 14.4 Å². The van der Waals surface area contributed by atoms with Crippen LogP contribution in [-0.2, 0) is 20.4 Å². The van der Waals surface area contributed by atoms with Gasteiger partial charge in [-0.15, -0.1) is 0 Å². The number of benzene rings is 4. The molecule has 2 N–H and O–H groups in total. The quantitative estimate of drug-likeness (QED) is 0.164. The summed E-state index contributed by atoms with van der Waals surface area (Å²) in [7, 11) is 0. The lowest BCUT2D eigenvalue weighted by Crippen LogP contribution is -2.10. The number of carbonyl (C=O) groups excluding carboxylic acids is 3. The number of Topliss-reactive ketones (excluding diaryl/α,β-unsaturated/α-hetero) is 1. The molecule has 0 bridgehead atoms. The Labute approximate surface area is 268 Å². The second-order valence-electron chi connectivity index (χ2n) is 12.9. The van der Waals surface area contributed by atoms with Gasteiger partial charge in [0.25, 0.3) is 0 Å². The summed E-state index contributed by atoms with van der Waals surface area (Å²) in [5, 5.41) is 5.60. The zero-order chi connectivity index (χ0) is 33.0. The Bertz CT molecular complexity index is 1620. The summed E-state index contributed by atoms with van der Waals surface area (Å²) < 4.78 is 0. The molecule has 0 atom stereocenters. The van der Waals surface area contributed by atoms with Crippen LogP contribution in [0.4, 0.5) is 11.4 Å². The third-order valence-corrected chi connectivity index (χ3v) is 7.01. The van der Waals surface area contributed by atoms with Crippen LogP contribution >= 0.6 is 0 Å². The molecule has 4 aromatic carbocycles. The Morgan fingerprint density at radius 3 is 1.24 bits per heavy atom. The number of anilines is 2. The lowest BCUT2D eigenvalue weighted by molar-refractivity contribution is -0.112. The molecule has 2 amide bonds. The van der Waals surface area contributed by atoms with Gasteiger partial charge in [0.05, 0.1) is 0 Å². The average molecular weight is 601 g/mol. The van der Waals surface area contributed by atoms with Crippen LogP contribution in [0.25, 0.3) is 12.2 Å². The first kappa shape index (κ1) is 34.5. The first-order valence-corrected chi connectivity index (χ1v) is 15.1. The van der Waals surface area contributed by atoms with Crippen molar-refractivity contribution in [1.82, 2.24) is 0 Å². The van der Waals surface area contributed by atoms with E-state index in [-0.39, 0.29) is 28.4 Å². The highest BCUT2D eigenvalue weighted by atomic mass is 16.2. The van der Waals surface area contributed by atoms with Gasteiger partial charge in [-0.1, -0.05) is 108 Å². The van der Waals surface area contributed by atoms with Gasteiger partial charge in [-0.2, -0.15) is 0 Å². The minimum atomic E-state index is -0.203. The van der Waals surface area contributed by atoms with Crippen LogP contribution in [0.5, 0.6) is 0 Å². The van der Waals surface area contributed by atoms with Crippen molar-refractivity contribution in [2.45, 2.75) is 59.3 Å². The van der Waals surface area contributed by atoms with Crippen molar-refractivity contribution in [3.8, 4) is 0 Å². The molecule has 0 fully saturated rings. The van der Waals surface area contributed by atoms with E-state index in [0.717, 1.165) is 16.8 Å². The van der Waals surface area contributed by atoms with Gasteiger partial charge in [-0.05, 0) is 88.6 Å². The molecule has 232 valence electrons. The lowest BCUT2D eigenvalue weighted by atomic mass is 9.87. The monoisotopic (exact) mass is 600 g/mol. The SMILES string of the molecule is CC(=O)c1ccc(NC(=O)/C=C/c2ccc(C(C)(C)C)cc2)cc1.CC(C)(C)c1ccc(/C=C/C(=O)Nc2ccccc2)cc1. The number of hydrogen-bond donors (Lipinski definition) is 2. The Morgan fingerprint density at radius 2 is 0.889 bits per heavy atom. The fourth-order valence-electron chi connectivity index (χ4n) is 4.21. The maximum atomic E-state index is 12.0. The van der Waals surface area contributed by atoms with Crippen molar-refractivity contribution in [1.29, 1.82) is 0 Å². The van der Waals surface area contributed by atoms with Gasteiger partial charge in [0, 0.05) is 29.1 Å². The minimum Gasteiger partial charge on any atom is -0.323 e. The number of para-hydroxylation sites is 1. The predicted molar refractivity (Wildman–Crippen MR) is 188 cm³/mol. The Hall–Kier alpha value is -5.03. The first-order chi connectivity index (χ1) is 21.2. The molecular weight excluding hydrogens is 556 g/mol. The summed E-state index contributed by atoms with van der Waals surface area (Å²) in [6.45, 7) is 14.6. The van der Waals surface area contributed by atoms with E-state index in [4.69, 9.17) is 0 Å². The molecular formula is C40H44N2O3. The number of ketones is 1. The average Bonchev–Trinajstić information content (AvgIpc) is 3.00. The van der Waals surface area contributed by atoms with Crippen LogP contribution in [0.1, 0.15) is 81.1 Å². The first-order valence-electron chi connectivity index (χ1n) is 15.1. The fourth-order valence-corrected chi connectivity index (χ4v) is 4.21. The van der Waals surface area contributed by atoms with E-state index in [2.05, 4.69) is 76.4 Å². The summed E-state index contributed by atoms with van der Waals surface area (Å²) in [6.07, 6.45) is 6.67. The molecule has 5 nitrogen and oxygen atoms in total. The topological polar surface area (TPSA) is 75.3 Å². The summed E-state index contributed by atoms with van der Waals surface area (Å²) >= 11 is 0. The highest BCUT2D eigenvalue weighted by Crippen LogP contribution is 2.23. The second-order valence-corrected chi connectivity index (χ2v) is 12.9. The molecule has 0 aromatic heterocycles.